The van der Waals surface area contributed by atoms with Gasteiger partial charge in [0.1, 0.15) is 5.78 Å². The molecule has 0 saturated carbocycles. The largest absolute Gasteiger partial charge is 0.416 e. The van der Waals surface area contributed by atoms with E-state index in [9.17, 15) is 18.0 Å². The molecule has 0 fully saturated rings. The number of rotatable bonds is 6. The monoisotopic (exact) mass is 273 g/mol. The van der Waals surface area contributed by atoms with Crippen LogP contribution in [0.1, 0.15) is 37.3 Å². The van der Waals surface area contributed by atoms with Crippen molar-refractivity contribution in [3.63, 3.8) is 0 Å². The van der Waals surface area contributed by atoms with E-state index in [-0.39, 0.29) is 24.7 Å². The van der Waals surface area contributed by atoms with Gasteiger partial charge >= 0.3 is 6.18 Å². The molecular formula is C14H18F3NO. The second-order valence-corrected chi connectivity index (χ2v) is 4.66. The van der Waals surface area contributed by atoms with Gasteiger partial charge in [0.05, 0.1) is 5.56 Å². The highest BCUT2D eigenvalue weighted by atomic mass is 19.4. The lowest BCUT2D eigenvalue weighted by molar-refractivity contribution is -0.137. The van der Waals surface area contributed by atoms with Gasteiger partial charge in [-0.3, -0.25) is 4.79 Å². The van der Waals surface area contributed by atoms with Crippen LogP contribution in [0.3, 0.4) is 0 Å². The first-order chi connectivity index (χ1) is 8.82. The summed E-state index contributed by atoms with van der Waals surface area (Å²) in [7, 11) is 0. The first kappa shape index (κ1) is 15.7. The molecule has 19 heavy (non-hydrogen) atoms. The number of halogens is 3. The zero-order valence-electron chi connectivity index (χ0n) is 10.8. The predicted molar refractivity (Wildman–Crippen MR) is 67.7 cm³/mol. The lowest BCUT2D eigenvalue weighted by Crippen LogP contribution is -2.24. The molecule has 0 amide bonds. The van der Waals surface area contributed by atoms with Crippen molar-refractivity contribution in [1.29, 1.82) is 0 Å². The van der Waals surface area contributed by atoms with Gasteiger partial charge in [0.25, 0.3) is 0 Å². The number of hydrogen-bond donors (Lipinski definition) is 1. The Labute approximate surface area is 110 Å². The van der Waals surface area contributed by atoms with E-state index in [0.717, 1.165) is 25.0 Å². The molecule has 0 aliphatic carbocycles. The second kappa shape index (κ2) is 6.70. The Balaban J connectivity index is 2.56. The van der Waals surface area contributed by atoms with Crippen LogP contribution in [-0.2, 0) is 17.4 Å². The average Bonchev–Trinajstić information content (AvgIpc) is 2.28. The molecule has 1 aromatic rings. The zero-order chi connectivity index (χ0) is 14.5. The van der Waals surface area contributed by atoms with Gasteiger partial charge in [-0.2, -0.15) is 13.2 Å². The van der Waals surface area contributed by atoms with Crippen LogP contribution in [-0.4, -0.2) is 11.8 Å². The molecule has 0 aliphatic rings. The van der Waals surface area contributed by atoms with Crippen molar-refractivity contribution in [2.75, 3.05) is 0 Å². The predicted octanol–water partition coefficient (Wildman–Crippen LogP) is 3.33. The summed E-state index contributed by atoms with van der Waals surface area (Å²) in [6.45, 7) is 1.99. The first-order valence-corrected chi connectivity index (χ1v) is 6.26. The zero-order valence-corrected chi connectivity index (χ0v) is 10.8. The van der Waals surface area contributed by atoms with E-state index in [4.69, 9.17) is 5.73 Å². The van der Waals surface area contributed by atoms with Crippen molar-refractivity contribution in [2.24, 2.45) is 5.73 Å². The molecule has 0 bridgehead atoms. The van der Waals surface area contributed by atoms with Crippen molar-refractivity contribution < 1.29 is 18.0 Å². The minimum atomic E-state index is -4.34. The maximum Gasteiger partial charge on any atom is 0.416 e. The molecule has 0 spiro atoms. The van der Waals surface area contributed by atoms with E-state index in [1.165, 1.54) is 12.1 Å². The molecule has 0 aromatic heterocycles. The number of carbonyl (C=O) groups is 1. The molecule has 0 saturated heterocycles. The number of benzene rings is 1. The van der Waals surface area contributed by atoms with Crippen LogP contribution in [0.15, 0.2) is 24.3 Å². The third-order valence-corrected chi connectivity index (χ3v) is 2.83. The Morgan fingerprint density at radius 1 is 1.26 bits per heavy atom. The van der Waals surface area contributed by atoms with E-state index < -0.39 is 11.7 Å². The summed E-state index contributed by atoms with van der Waals surface area (Å²) < 4.78 is 37.1. The Morgan fingerprint density at radius 3 is 2.32 bits per heavy atom. The van der Waals surface area contributed by atoms with Crippen LogP contribution >= 0.6 is 0 Å². The van der Waals surface area contributed by atoms with E-state index in [1.54, 1.807) is 0 Å². The number of ketones is 1. The highest BCUT2D eigenvalue weighted by Gasteiger charge is 2.29. The Hall–Kier alpha value is -1.36. The molecule has 1 rings (SSSR count). The van der Waals surface area contributed by atoms with Gasteiger partial charge < -0.3 is 5.73 Å². The fraction of sp³-hybridized carbons (Fsp3) is 0.500. The number of Topliss-reactive ketones (excluding diaryl/α,β-unsaturated/α-hetero) is 1. The van der Waals surface area contributed by atoms with E-state index in [1.807, 2.05) is 6.92 Å². The summed E-state index contributed by atoms with van der Waals surface area (Å²) in [6, 6.07) is 4.51. The van der Waals surface area contributed by atoms with Gasteiger partial charge in [-0.25, -0.2) is 0 Å². The summed E-state index contributed by atoms with van der Waals surface area (Å²) >= 11 is 0. The lowest BCUT2D eigenvalue weighted by atomic mass is 10.0. The Morgan fingerprint density at radius 2 is 1.84 bits per heavy atom. The highest BCUT2D eigenvalue weighted by molar-refractivity contribution is 5.81. The van der Waals surface area contributed by atoms with Crippen molar-refractivity contribution in [3.8, 4) is 0 Å². The normalized spacial score (nSPS) is 13.3. The van der Waals surface area contributed by atoms with Crippen LogP contribution < -0.4 is 5.73 Å². The maximum atomic E-state index is 12.4. The third-order valence-electron chi connectivity index (χ3n) is 2.83. The fourth-order valence-corrected chi connectivity index (χ4v) is 1.88. The number of hydrogen-bond acceptors (Lipinski definition) is 2. The lowest BCUT2D eigenvalue weighted by Gasteiger charge is -2.10. The van der Waals surface area contributed by atoms with E-state index in [2.05, 4.69) is 0 Å². The van der Waals surface area contributed by atoms with Gasteiger partial charge in [-0.15, -0.1) is 0 Å². The highest BCUT2D eigenvalue weighted by Crippen LogP contribution is 2.29. The van der Waals surface area contributed by atoms with Crippen LogP contribution in [0.4, 0.5) is 13.2 Å². The van der Waals surface area contributed by atoms with Crippen LogP contribution in [0.25, 0.3) is 0 Å². The molecule has 0 radical (unpaired) electrons. The minimum absolute atomic E-state index is 0.0410. The third kappa shape index (κ3) is 5.42. The van der Waals surface area contributed by atoms with E-state index >= 15 is 0 Å². The molecule has 2 nitrogen and oxygen atoms in total. The summed E-state index contributed by atoms with van der Waals surface area (Å²) in [5.41, 5.74) is 5.63. The van der Waals surface area contributed by atoms with Crippen LogP contribution in [0.5, 0.6) is 0 Å². The molecule has 0 heterocycles. The molecular weight excluding hydrogens is 255 g/mol. The molecule has 1 atom stereocenters. The number of alkyl halides is 3. The van der Waals surface area contributed by atoms with Gasteiger partial charge in [0, 0.05) is 18.9 Å². The van der Waals surface area contributed by atoms with E-state index in [0.29, 0.717) is 5.56 Å². The van der Waals surface area contributed by atoms with Crippen LogP contribution in [0, 0.1) is 0 Å². The van der Waals surface area contributed by atoms with Crippen molar-refractivity contribution in [2.45, 2.75) is 44.8 Å². The molecule has 106 valence electrons. The summed E-state index contributed by atoms with van der Waals surface area (Å²) in [5, 5.41) is 0. The van der Waals surface area contributed by atoms with Gasteiger partial charge in [0.2, 0.25) is 0 Å². The SMILES string of the molecule is CCCC(N)CC(=O)Cc1ccc(C(F)(F)F)cc1. The average molecular weight is 273 g/mol. The topological polar surface area (TPSA) is 43.1 Å². The summed E-state index contributed by atoms with van der Waals surface area (Å²) in [5.74, 6) is -0.0410. The fourth-order valence-electron chi connectivity index (χ4n) is 1.88. The second-order valence-electron chi connectivity index (χ2n) is 4.66. The Kier molecular flexibility index (Phi) is 5.54. The van der Waals surface area contributed by atoms with Crippen LogP contribution in [0.2, 0.25) is 0 Å². The molecule has 0 aliphatic heterocycles. The maximum absolute atomic E-state index is 12.4. The molecule has 5 heteroatoms. The van der Waals surface area contributed by atoms with Gasteiger partial charge in [-0.05, 0) is 24.1 Å². The quantitative estimate of drug-likeness (QED) is 0.863. The number of carbonyl (C=O) groups excluding carboxylic acids is 1. The first-order valence-electron chi connectivity index (χ1n) is 6.26. The van der Waals surface area contributed by atoms with Gasteiger partial charge in [-0.1, -0.05) is 25.5 Å². The van der Waals surface area contributed by atoms with Crippen molar-refractivity contribution in [3.05, 3.63) is 35.4 Å². The minimum Gasteiger partial charge on any atom is -0.327 e. The Bertz CT molecular complexity index is 412. The standard InChI is InChI=1S/C14H18F3NO/c1-2-3-12(18)9-13(19)8-10-4-6-11(7-5-10)14(15,16)17/h4-7,12H,2-3,8-9,18H2,1H3. The summed E-state index contributed by atoms with van der Waals surface area (Å²) in [4.78, 5) is 11.7. The smallest absolute Gasteiger partial charge is 0.327 e. The van der Waals surface area contributed by atoms with Gasteiger partial charge in [0.15, 0.2) is 0 Å². The van der Waals surface area contributed by atoms with Crippen molar-refractivity contribution >= 4 is 5.78 Å². The molecule has 1 aromatic carbocycles. The molecule has 2 N–H and O–H groups in total. The molecule has 1 unspecified atom stereocenters. The summed E-state index contributed by atoms with van der Waals surface area (Å²) in [6.07, 6.45) is -2.25. The number of nitrogens with two attached hydrogens (primary N) is 1. The van der Waals surface area contributed by atoms with Crippen molar-refractivity contribution in [1.82, 2.24) is 0 Å².